The molecule has 0 saturated carbocycles. The molecular formula is C14H15N3O4. The largest absolute Gasteiger partial charge is 0.480 e. The molecular weight excluding hydrogens is 274 g/mol. The fourth-order valence-corrected chi connectivity index (χ4v) is 2.32. The number of carbonyl (C=O) groups excluding carboxylic acids is 1. The summed E-state index contributed by atoms with van der Waals surface area (Å²) in [6.45, 7) is -0.00355. The highest BCUT2D eigenvalue weighted by Crippen LogP contribution is 2.22. The summed E-state index contributed by atoms with van der Waals surface area (Å²) in [6.07, 6.45) is -0.799. The van der Waals surface area contributed by atoms with Gasteiger partial charge < -0.3 is 15.1 Å². The number of hydrogen-bond acceptors (Lipinski definition) is 4. The van der Waals surface area contributed by atoms with E-state index in [0.717, 1.165) is 4.90 Å². The summed E-state index contributed by atoms with van der Waals surface area (Å²) < 4.78 is 0. The van der Waals surface area contributed by atoms with Crippen LogP contribution in [0.2, 0.25) is 0 Å². The van der Waals surface area contributed by atoms with Crippen LogP contribution in [0.15, 0.2) is 24.3 Å². The van der Waals surface area contributed by atoms with E-state index in [-0.39, 0.29) is 13.0 Å². The molecule has 1 aromatic carbocycles. The van der Waals surface area contributed by atoms with Crippen molar-refractivity contribution in [2.24, 2.45) is 0 Å². The highest BCUT2D eigenvalue weighted by molar-refractivity contribution is 5.94. The Morgan fingerprint density at radius 1 is 1.38 bits per heavy atom. The summed E-state index contributed by atoms with van der Waals surface area (Å²) in [4.78, 5) is 26.0. The Bertz CT molecular complexity index is 593. The zero-order valence-electron chi connectivity index (χ0n) is 11.4. The van der Waals surface area contributed by atoms with Crippen LogP contribution >= 0.6 is 0 Å². The highest BCUT2D eigenvalue weighted by Gasteiger charge is 2.40. The van der Waals surface area contributed by atoms with Crippen LogP contribution in [0, 0.1) is 11.3 Å². The number of aliphatic carboxylic acids is 1. The van der Waals surface area contributed by atoms with Crippen LogP contribution in [-0.4, -0.2) is 52.9 Å². The van der Waals surface area contributed by atoms with Crippen LogP contribution in [0.4, 0.5) is 10.5 Å². The lowest BCUT2D eigenvalue weighted by molar-refractivity contribution is -0.141. The Labute approximate surface area is 121 Å². The van der Waals surface area contributed by atoms with Gasteiger partial charge in [0.1, 0.15) is 6.04 Å². The van der Waals surface area contributed by atoms with E-state index < -0.39 is 24.1 Å². The van der Waals surface area contributed by atoms with Gasteiger partial charge in [0.05, 0.1) is 17.7 Å². The molecule has 1 aliphatic heterocycles. The average molecular weight is 289 g/mol. The van der Waals surface area contributed by atoms with Crippen molar-refractivity contribution in [2.75, 3.05) is 18.5 Å². The lowest BCUT2D eigenvalue weighted by Crippen LogP contribution is -2.47. The molecule has 0 aromatic heterocycles. The summed E-state index contributed by atoms with van der Waals surface area (Å²) in [5.74, 6) is -1.13. The lowest BCUT2D eigenvalue weighted by atomic mass is 10.2. The van der Waals surface area contributed by atoms with Gasteiger partial charge in [-0.3, -0.25) is 4.90 Å². The smallest absolute Gasteiger partial charge is 0.326 e. The number of urea groups is 1. The maximum Gasteiger partial charge on any atom is 0.326 e. The minimum atomic E-state index is -1.13. The molecule has 2 amide bonds. The number of benzene rings is 1. The van der Waals surface area contributed by atoms with Gasteiger partial charge in [0.2, 0.25) is 0 Å². The van der Waals surface area contributed by atoms with E-state index in [9.17, 15) is 14.7 Å². The number of hydrogen-bond donors (Lipinski definition) is 2. The van der Waals surface area contributed by atoms with Gasteiger partial charge in [0.15, 0.2) is 0 Å². The molecule has 1 aromatic rings. The molecule has 0 bridgehead atoms. The third-order valence-electron chi connectivity index (χ3n) is 3.48. The molecule has 2 N–H and O–H groups in total. The number of amides is 2. The van der Waals surface area contributed by atoms with Gasteiger partial charge in [-0.05, 0) is 24.3 Å². The second-order valence-electron chi connectivity index (χ2n) is 4.90. The third-order valence-corrected chi connectivity index (χ3v) is 3.48. The zero-order valence-corrected chi connectivity index (χ0v) is 11.4. The normalized spacial score (nSPS) is 20.9. The summed E-state index contributed by atoms with van der Waals surface area (Å²) in [7, 11) is 1.52. The van der Waals surface area contributed by atoms with Crippen molar-refractivity contribution in [1.82, 2.24) is 4.90 Å². The van der Waals surface area contributed by atoms with Crippen molar-refractivity contribution >= 4 is 17.7 Å². The van der Waals surface area contributed by atoms with Crippen molar-refractivity contribution in [1.29, 1.82) is 5.26 Å². The van der Waals surface area contributed by atoms with E-state index in [4.69, 9.17) is 10.4 Å². The van der Waals surface area contributed by atoms with Crippen molar-refractivity contribution in [3.63, 3.8) is 0 Å². The van der Waals surface area contributed by atoms with Gasteiger partial charge in [-0.25, -0.2) is 9.59 Å². The van der Waals surface area contributed by atoms with Crippen LogP contribution in [0.25, 0.3) is 0 Å². The summed E-state index contributed by atoms with van der Waals surface area (Å²) >= 11 is 0. The number of β-amino-alcohol motifs (C(OH)–C–C–N with tert-alkyl or cyclic N) is 1. The standard InChI is InChI=1S/C14H15N3O4/c1-16(10-4-2-9(7-15)3-5-10)14(21)17-8-11(18)6-12(17)13(19)20/h2-5,11-12,18H,6,8H2,1H3,(H,19,20)/t11-,12-/m1/s1. The van der Waals surface area contributed by atoms with Crippen LogP contribution in [-0.2, 0) is 4.79 Å². The minimum absolute atomic E-state index is 0.00355. The number of rotatable bonds is 2. The molecule has 1 fully saturated rings. The van der Waals surface area contributed by atoms with E-state index in [1.54, 1.807) is 24.3 Å². The molecule has 0 spiro atoms. The summed E-state index contributed by atoms with van der Waals surface area (Å²) in [5, 5.41) is 27.4. The Balaban J connectivity index is 2.18. The van der Waals surface area contributed by atoms with Crippen molar-refractivity contribution in [2.45, 2.75) is 18.6 Å². The number of aliphatic hydroxyl groups excluding tert-OH is 1. The monoisotopic (exact) mass is 289 g/mol. The van der Waals surface area contributed by atoms with Gasteiger partial charge >= 0.3 is 12.0 Å². The number of carboxylic acids is 1. The van der Waals surface area contributed by atoms with E-state index in [1.165, 1.54) is 11.9 Å². The number of anilines is 1. The molecule has 2 atom stereocenters. The topological polar surface area (TPSA) is 105 Å². The first kappa shape index (κ1) is 14.8. The number of carboxylic acid groups (broad SMARTS) is 1. The minimum Gasteiger partial charge on any atom is -0.480 e. The van der Waals surface area contributed by atoms with Crippen molar-refractivity contribution in [3.8, 4) is 6.07 Å². The van der Waals surface area contributed by atoms with Crippen LogP contribution < -0.4 is 4.90 Å². The molecule has 7 nitrogen and oxygen atoms in total. The second-order valence-corrected chi connectivity index (χ2v) is 4.90. The van der Waals surface area contributed by atoms with E-state index in [2.05, 4.69) is 0 Å². The predicted molar refractivity (Wildman–Crippen MR) is 73.7 cm³/mol. The van der Waals surface area contributed by atoms with E-state index >= 15 is 0 Å². The average Bonchev–Trinajstić information content (AvgIpc) is 2.88. The second kappa shape index (κ2) is 5.81. The van der Waals surface area contributed by atoms with E-state index in [0.29, 0.717) is 11.3 Å². The van der Waals surface area contributed by atoms with Crippen LogP contribution in [0.1, 0.15) is 12.0 Å². The molecule has 1 heterocycles. The summed E-state index contributed by atoms with van der Waals surface area (Å²) in [6, 6.07) is 6.84. The number of nitriles is 1. The van der Waals surface area contributed by atoms with Gasteiger partial charge in [-0.15, -0.1) is 0 Å². The molecule has 0 unspecified atom stereocenters. The van der Waals surface area contributed by atoms with Crippen molar-refractivity contribution < 1.29 is 19.8 Å². The molecule has 1 saturated heterocycles. The zero-order chi connectivity index (χ0) is 15.6. The SMILES string of the molecule is CN(C(=O)N1C[C@H](O)C[C@@H]1C(=O)O)c1ccc(C#N)cc1. The first-order valence-electron chi connectivity index (χ1n) is 6.39. The van der Waals surface area contributed by atoms with Gasteiger partial charge in [0, 0.05) is 25.7 Å². The predicted octanol–water partition coefficient (Wildman–Crippen LogP) is 0.634. The number of nitrogens with zero attached hydrogens (tertiary/aromatic N) is 3. The highest BCUT2D eigenvalue weighted by atomic mass is 16.4. The molecule has 21 heavy (non-hydrogen) atoms. The quantitative estimate of drug-likeness (QED) is 0.831. The fraction of sp³-hybridized carbons (Fsp3) is 0.357. The Kier molecular flexibility index (Phi) is 4.10. The molecule has 7 heteroatoms. The Morgan fingerprint density at radius 3 is 2.52 bits per heavy atom. The Morgan fingerprint density at radius 2 is 2.00 bits per heavy atom. The van der Waals surface area contributed by atoms with Gasteiger partial charge in [-0.2, -0.15) is 5.26 Å². The number of likely N-dealkylation sites (tertiary alicyclic amines) is 1. The summed E-state index contributed by atoms with van der Waals surface area (Å²) in [5.41, 5.74) is 1.02. The Hall–Kier alpha value is -2.59. The molecule has 110 valence electrons. The van der Waals surface area contributed by atoms with Crippen LogP contribution in [0.3, 0.4) is 0 Å². The van der Waals surface area contributed by atoms with Crippen molar-refractivity contribution in [3.05, 3.63) is 29.8 Å². The number of aliphatic hydroxyl groups is 1. The van der Waals surface area contributed by atoms with Crippen LogP contribution in [0.5, 0.6) is 0 Å². The lowest BCUT2D eigenvalue weighted by Gasteiger charge is -2.27. The molecule has 2 rings (SSSR count). The first-order chi connectivity index (χ1) is 9.93. The molecule has 0 aliphatic carbocycles. The third kappa shape index (κ3) is 2.95. The molecule has 1 aliphatic rings. The maximum atomic E-state index is 12.4. The number of carbonyl (C=O) groups is 2. The maximum absolute atomic E-state index is 12.4. The van der Waals surface area contributed by atoms with Gasteiger partial charge in [-0.1, -0.05) is 0 Å². The molecule has 0 radical (unpaired) electrons. The first-order valence-corrected chi connectivity index (χ1v) is 6.39. The fourth-order valence-electron chi connectivity index (χ4n) is 2.32. The van der Waals surface area contributed by atoms with Gasteiger partial charge in [0.25, 0.3) is 0 Å². The van der Waals surface area contributed by atoms with E-state index in [1.807, 2.05) is 6.07 Å².